The molecule has 0 aliphatic heterocycles. The first-order valence-corrected chi connectivity index (χ1v) is 7.45. The van der Waals surface area contributed by atoms with E-state index >= 15 is 0 Å². The first-order valence-electron chi connectivity index (χ1n) is 5.85. The number of carbonyl (C=O) groups excluding carboxylic acids is 1. The lowest BCUT2D eigenvalue weighted by Gasteiger charge is -2.00. The van der Waals surface area contributed by atoms with Crippen LogP contribution in [0.4, 0.5) is 0 Å². The van der Waals surface area contributed by atoms with Gasteiger partial charge in [0.2, 0.25) is 5.91 Å². The van der Waals surface area contributed by atoms with Crippen molar-refractivity contribution in [1.82, 2.24) is 24.1 Å². The van der Waals surface area contributed by atoms with Crippen LogP contribution in [0, 0.1) is 0 Å². The topological polar surface area (TPSA) is 91.6 Å². The zero-order valence-electron chi connectivity index (χ0n) is 10.6. The molecule has 1 unspecified atom stereocenters. The van der Waals surface area contributed by atoms with Crippen LogP contribution in [0.1, 0.15) is 0 Å². The fourth-order valence-corrected chi connectivity index (χ4v) is 2.81. The summed E-state index contributed by atoms with van der Waals surface area (Å²) < 4.78 is 4.04. The standard InChI is InChI=1S/C12H10IN6OP/c13-9(3-10(14)20)18-5-7(4-17-18)11-8-1-2-19(21)12(8)16-6-15-11/h1-6H,21H2,(H2,14,20)/b9-3-. The van der Waals surface area contributed by atoms with Gasteiger partial charge >= 0.3 is 0 Å². The summed E-state index contributed by atoms with van der Waals surface area (Å²) in [6.45, 7) is 0. The monoisotopic (exact) mass is 412 g/mol. The van der Waals surface area contributed by atoms with Gasteiger partial charge in [-0.1, -0.05) is 0 Å². The molecule has 0 aliphatic rings. The molecule has 3 heterocycles. The molecule has 1 amide bonds. The van der Waals surface area contributed by atoms with Gasteiger partial charge in [0.05, 0.1) is 11.9 Å². The van der Waals surface area contributed by atoms with Gasteiger partial charge in [-0.2, -0.15) is 5.10 Å². The normalized spacial score (nSPS) is 12.0. The molecule has 106 valence electrons. The molecule has 21 heavy (non-hydrogen) atoms. The Morgan fingerprint density at radius 2 is 2.24 bits per heavy atom. The van der Waals surface area contributed by atoms with Crippen LogP contribution in [-0.2, 0) is 4.79 Å². The minimum absolute atomic E-state index is 0.513. The Morgan fingerprint density at radius 3 is 3.00 bits per heavy atom. The molecule has 0 fully saturated rings. The van der Waals surface area contributed by atoms with Gasteiger partial charge in [0.1, 0.15) is 15.7 Å². The second-order valence-electron chi connectivity index (χ2n) is 4.23. The Hall–Kier alpha value is -1.80. The van der Waals surface area contributed by atoms with Gasteiger partial charge in [0.15, 0.2) is 0 Å². The van der Waals surface area contributed by atoms with E-state index in [0.717, 1.165) is 22.3 Å². The average Bonchev–Trinajstić information content (AvgIpc) is 3.05. The van der Waals surface area contributed by atoms with Crippen molar-refractivity contribution in [1.29, 1.82) is 0 Å². The van der Waals surface area contributed by atoms with Crippen LogP contribution in [0.25, 0.3) is 26.0 Å². The maximum absolute atomic E-state index is 10.9. The third-order valence-electron chi connectivity index (χ3n) is 2.85. The Morgan fingerprint density at radius 1 is 1.43 bits per heavy atom. The summed E-state index contributed by atoms with van der Waals surface area (Å²) in [5, 5.41) is 5.15. The molecule has 3 aromatic rings. The number of amides is 1. The van der Waals surface area contributed by atoms with Crippen LogP contribution in [0.15, 0.2) is 37.1 Å². The lowest BCUT2D eigenvalue weighted by atomic mass is 10.2. The Balaban J connectivity index is 2.08. The highest BCUT2D eigenvalue weighted by atomic mass is 127. The highest BCUT2D eigenvalue weighted by Crippen LogP contribution is 2.27. The molecule has 1 atom stereocenters. The van der Waals surface area contributed by atoms with Crippen LogP contribution in [0.2, 0.25) is 0 Å². The fraction of sp³-hybridized carbons (Fsp3) is 0. The van der Waals surface area contributed by atoms with E-state index in [1.54, 1.807) is 17.1 Å². The van der Waals surface area contributed by atoms with E-state index in [2.05, 4.69) is 24.5 Å². The van der Waals surface area contributed by atoms with Crippen molar-refractivity contribution in [2.24, 2.45) is 5.73 Å². The molecule has 0 aromatic carbocycles. The summed E-state index contributed by atoms with van der Waals surface area (Å²) in [5.41, 5.74) is 7.58. The van der Waals surface area contributed by atoms with E-state index in [0.29, 0.717) is 3.70 Å². The van der Waals surface area contributed by atoms with Crippen LogP contribution < -0.4 is 5.73 Å². The lowest BCUT2D eigenvalue weighted by molar-refractivity contribution is -0.113. The van der Waals surface area contributed by atoms with Gasteiger partial charge in [-0.05, 0) is 38.0 Å². The zero-order chi connectivity index (χ0) is 15.0. The molecule has 0 radical (unpaired) electrons. The summed E-state index contributed by atoms with van der Waals surface area (Å²) in [7, 11) is 2.57. The van der Waals surface area contributed by atoms with Crippen LogP contribution in [0.5, 0.6) is 0 Å². The van der Waals surface area contributed by atoms with Gasteiger partial charge in [-0.3, -0.25) is 4.79 Å². The molecule has 0 bridgehead atoms. The maximum atomic E-state index is 10.9. The summed E-state index contributed by atoms with van der Waals surface area (Å²) in [6.07, 6.45) is 8.21. The van der Waals surface area contributed by atoms with Gasteiger partial charge in [0.25, 0.3) is 0 Å². The smallest absolute Gasteiger partial charge is 0.244 e. The van der Waals surface area contributed by atoms with E-state index < -0.39 is 5.91 Å². The predicted molar refractivity (Wildman–Crippen MR) is 91.3 cm³/mol. The van der Waals surface area contributed by atoms with Crippen LogP contribution in [-0.4, -0.2) is 30.0 Å². The molecule has 0 aliphatic carbocycles. The molecule has 2 N–H and O–H groups in total. The number of aromatic nitrogens is 5. The number of halogens is 1. The van der Waals surface area contributed by atoms with Crippen molar-refractivity contribution in [3.05, 3.63) is 37.1 Å². The van der Waals surface area contributed by atoms with Crippen molar-refractivity contribution < 1.29 is 4.79 Å². The average molecular weight is 412 g/mol. The largest absolute Gasteiger partial charge is 0.366 e. The van der Waals surface area contributed by atoms with Crippen LogP contribution >= 0.6 is 32.0 Å². The molecule has 3 rings (SSSR count). The molecule has 3 aromatic heterocycles. The molecule has 0 saturated heterocycles. The highest BCUT2D eigenvalue weighted by Gasteiger charge is 2.11. The number of hydrogen-bond donors (Lipinski definition) is 1. The second kappa shape index (κ2) is 5.53. The Kier molecular flexibility index (Phi) is 3.73. The number of primary amides is 1. The molecule has 7 nitrogen and oxygen atoms in total. The summed E-state index contributed by atoms with van der Waals surface area (Å²) in [5.74, 6) is -0.513. The summed E-state index contributed by atoms with van der Waals surface area (Å²) in [6, 6.07) is 1.94. The molecule has 9 heteroatoms. The van der Waals surface area contributed by atoms with Crippen molar-refractivity contribution in [3.8, 4) is 11.3 Å². The predicted octanol–water partition coefficient (Wildman–Crippen LogP) is 1.65. The SMILES string of the molecule is NC(=O)/C=C(/I)n1cc(-c2ncnc3c2ccn3P)cn1. The van der Waals surface area contributed by atoms with Crippen molar-refractivity contribution in [2.45, 2.75) is 0 Å². The molecular weight excluding hydrogens is 402 g/mol. The van der Waals surface area contributed by atoms with Gasteiger partial charge < -0.3 is 10.1 Å². The molecular formula is C12H10IN6OP. The Bertz CT molecular complexity index is 868. The summed E-state index contributed by atoms with van der Waals surface area (Å²) >= 11 is 2.00. The highest BCUT2D eigenvalue weighted by molar-refractivity contribution is 14.1. The zero-order valence-corrected chi connectivity index (χ0v) is 14.0. The van der Waals surface area contributed by atoms with E-state index in [-0.39, 0.29) is 0 Å². The number of carbonyl (C=O) groups is 1. The quantitative estimate of drug-likeness (QED) is 0.403. The van der Waals surface area contributed by atoms with Crippen molar-refractivity contribution in [2.75, 3.05) is 0 Å². The van der Waals surface area contributed by atoms with Crippen molar-refractivity contribution in [3.63, 3.8) is 0 Å². The third kappa shape index (κ3) is 2.68. The second-order valence-corrected chi connectivity index (χ2v) is 5.89. The first-order chi connectivity index (χ1) is 10.1. The van der Waals surface area contributed by atoms with Gasteiger partial charge in [-0.15, -0.1) is 0 Å². The number of nitrogens with two attached hydrogens (primary N) is 1. The fourth-order valence-electron chi connectivity index (χ4n) is 1.95. The van der Waals surface area contributed by atoms with E-state index in [4.69, 9.17) is 5.73 Å². The minimum atomic E-state index is -0.513. The number of fused-ring (bicyclic) bond motifs is 1. The molecule has 0 spiro atoms. The van der Waals surface area contributed by atoms with Crippen molar-refractivity contribution >= 4 is 52.6 Å². The first kappa shape index (κ1) is 14.2. The lowest BCUT2D eigenvalue weighted by Crippen LogP contribution is -2.07. The third-order valence-corrected chi connectivity index (χ3v) is 4.07. The Labute approximate surface area is 135 Å². The van der Waals surface area contributed by atoms with Crippen LogP contribution in [0.3, 0.4) is 0 Å². The minimum Gasteiger partial charge on any atom is -0.366 e. The van der Waals surface area contributed by atoms with Gasteiger partial charge in [0, 0.05) is 29.4 Å². The number of hydrogen-bond acceptors (Lipinski definition) is 4. The van der Waals surface area contributed by atoms with E-state index in [1.807, 2.05) is 39.2 Å². The molecule has 0 saturated carbocycles. The number of nitrogens with zero attached hydrogens (tertiary/aromatic N) is 5. The summed E-state index contributed by atoms with van der Waals surface area (Å²) in [4.78, 5) is 19.5. The van der Waals surface area contributed by atoms with E-state index in [1.165, 1.54) is 12.4 Å². The van der Waals surface area contributed by atoms with E-state index in [9.17, 15) is 4.79 Å². The maximum Gasteiger partial charge on any atom is 0.244 e. The number of rotatable bonds is 3. The van der Waals surface area contributed by atoms with Gasteiger partial charge in [-0.25, -0.2) is 14.6 Å².